The predicted molar refractivity (Wildman–Crippen MR) is 78.1 cm³/mol. The fraction of sp³-hybridized carbons (Fsp3) is 0.200. The molecule has 106 valence electrons. The quantitative estimate of drug-likeness (QED) is 0.825. The largest absolute Gasteiger partial charge is 0.306 e. The normalized spacial score (nSPS) is 12.4. The van der Waals surface area contributed by atoms with Crippen molar-refractivity contribution in [3.8, 4) is 0 Å². The summed E-state index contributed by atoms with van der Waals surface area (Å²) in [5.74, 6) is -0.903. The summed E-state index contributed by atoms with van der Waals surface area (Å²) in [5.41, 5.74) is 1.09. The van der Waals surface area contributed by atoms with E-state index in [1.165, 1.54) is 6.07 Å². The maximum atomic E-state index is 13.6. The van der Waals surface area contributed by atoms with Gasteiger partial charge in [-0.05, 0) is 36.8 Å². The third-order valence-electron chi connectivity index (χ3n) is 3.05. The van der Waals surface area contributed by atoms with E-state index >= 15 is 0 Å². The van der Waals surface area contributed by atoms with Crippen LogP contribution in [0.15, 0.2) is 36.4 Å². The summed E-state index contributed by atoms with van der Waals surface area (Å²) in [6.07, 6.45) is 0. The minimum Gasteiger partial charge on any atom is -0.306 e. The summed E-state index contributed by atoms with van der Waals surface area (Å²) in [6, 6.07) is 8.37. The molecule has 0 saturated heterocycles. The van der Waals surface area contributed by atoms with Crippen LogP contribution in [0, 0.1) is 11.6 Å². The zero-order valence-electron chi connectivity index (χ0n) is 10.8. The summed E-state index contributed by atoms with van der Waals surface area (Å²) in [4.78, 5) is 0. The van der Waals surface area contributed by atoms with Gasteiger partial charge in [0.05, 0.1) is 10.0 Å². The van der Waals surface area contributed by atoms with Crippen molar-refractivity contribution in [2.45, 2.75) is 19.5 Å². The van der Waals surface area contributed by atoms with Crippen molar-refractivity contribution in [3.05, 3.63) is 69.2 Å². The van der Waals surface area contributed by atoms with Crippen molar-refractivity contribution in [1.82, 2.24) is 5.32 Å². The van der Waals surface area contributed by atoms with Gasteiger partial charge < -0.3 is 5.32 Å². The Morgan fingerprint density at radius 2 is 1.90 bits per heavy atom. The third-order valence-corrected chi connectivity index (χ3v) is 3.91. The van der Waals surface area contributed by atoms with E-state index in [9.17, 15) is 8.78 Å². The second-order valence-corrected chi connectivity index (χ2v) is 5.27. The number of rotatable bonds is 4. The Labute approximate surface area is 126 Å². The maximum absolute atomic E-state index is 13.6. The predicted octanol–water partition coefficient (Wildman–Crippen LogP) is 5.12. The summed E-state index contributed by atoms with van der Waals surface area (Å²) < 4.78 is 26.8. The number of hydrogen-bond donors (Lipinski definition) is 1. The molecule has 0 radical (unpaired) electrons. The van der Waals surface area contributed by atoms with Crippen LogP contribution < -0.4 is 5.32 Å². The van der Waals surface area contributed by atoms with Crippen LogP contribution in [0.25, 0.3) is 0 Å². The van der Waals surface area contributed by atoms with Crippen molar-refractivity contribution in [3.63, 3.8) is 0 Å². The summed E-state index contributed by atoms with van der Waals surface area (Å²) in [5, 5.41) is 4.04. The zero-order valence-corrected chi connectivity index (χ0v) is 12.3. The van der Waals surface area contributed by atoms with Gasteiger partial charge in [0.2, 0.25) is 0 Å². The van der Waals surface area contributed by atoms with Gasteiger partial charge in [-0.25, -0.2) is 8.78 Å². The van der Waals surface area contributed by atoms with Crippen LogP contribution in [0.2, 0.25) is 10.0 Å². The number of hydrogen-bond acceptors (Lipinski definition) is 1. The summed E-state index contributed by atoms with van der Waals surface area (Å²) in [6.45, 7) is 2.17. The Hall–Kier alpha value is -1.16. The van der Waals surface area contributed by atoms with Crippen LogP contribution in [0.3, 0.4) is 0 Å². The molecule has 0 bridgehead atoms. The Balaban J connectivity index is 2.10. The smallest absolute Gasteiger partial charge is 0.128 e. The summed E-state index contributed by atoms with van der Waals surface area (Å²) in [7, 11) is 0. The van der Waals surface area contributed by atoms with E-state index in [1.807, 2.05) is 6.07 Å². The van der Waals surface area contributed by atoms with Crippen LogP contribution in [0.1, 0.15) is 24.1 Å². The Kier molecular flexibility index (Phi) is 4.97. The van der Waals surface area contributed by atoms with Crippen LogP contribution in [0.5, 0.6) is 0 Å². The van der Waals surface area contributed by atoms with Gasteiger partial charge in [-0.1, -0.05) is 35.3 Å². The second kappa shape index (κ2) is 6.53. The van der Waals surface area contributed by atoms with E-state index in [4.69, 9.17) is 23.2 Å². The van der Waals surface area contributed by atoms with E-state index in [0.29, 0.717) is 16.6 Å². The molecule has 0 aromatic heterocycles. The van der Waals surface area contributed by atoms with Crippen LogP contribution in [-0.2, 0) is 6.54 Å². The zero-order chi connectivity index (χ0) is 14.7. The molecule has 0 aliphatic rings. The molecule has 0 heterocycles. The fourth-order valence-electron chi connectivity index (χ4n) is 1.90. The first kappa shape index (κ1) is 15.2. The molecule has 1 nitrogen and oxygen atoms in total. The molecule has 0 aliphatic carbocycles. The van der Waals surface area contributed by atoms with Gasteiger partial charge in [0.25, 0.3) is 0 Å². The van der Waals surface area contributed by atoms with Crippen molar-refractivity contribution in [2.24, 2.45) is 0 Å². The van der Waals surface area contributed by atoms with Crippen LogP contribution in [0.4, 0.5) is 8.78 Å². The average molecular weight is 316 g/mol. The lowest BCUT2D eigenvalue weighted by molar-refractivity contribution is 0.518. The first-order chi connectivity index (χ1) is 9.49. The Bertz CT molecular complexity index is 617. The number of halogens is 4. The molecule has 0 amide bonds. The highest BCUT2D eigenvalue weighted by molar-refractivity contribution is 6.42. The van der Waals surface area contributed by atoms with E-state index in [-0.39, 0.29) is 11.6 Å². The lowest BCUT2D eigenvalue weighted by Gasteiger charge is -2.16. The van der Waals surface area contributed by atoms with E-state index in [1.54, 1.807) is 19.1 Å². The van der Waals surface area contributed by atoms with Crippen molar-refractivity contribution < 1.29 is 8.78 Å². The van der Waals surface area contributed by atoms with Gasteiger partial charge >= 0.3 is 0 Å². The van der Waals surface area contributed by atoms with Crippen molar-refractivity contribution in [2.75, 3.05) is 0 Å². The number of nitrogens with one attached hydrogen (secondary N) is 1. The minimum atomic E-state index is -0.462. The molecule has 5 heteroatoms. The molecule has 0 aliphatic heterocycles. The highest BCUT2D eigenvalue weighted by atomic mass is 35.5. The molecule has 1 N–H and O–H groups in total. The summed E-state index contributed by atoms with van der Waals surface area (Å²) >= 11 is 12.0. The molecule has 2 rings (SSSR count). The fourth-order valence-corrected chi connectivity index (χ4v) is 2.29. The Morgan fingerprint density at radius 1 is 1.15 bits per heavy atom. The molecule has 1 atom stereocenters. The van der Waals surface area contributed by atoms with E-state index in [2.05, 4.69) is 5.32 Å². The average Bonchev–Trinajstić information content (AvgIpc) is 2.43. The third kappa shape index (κ3) is 3.48. The van der Waals surface area contributed by atoms with Gasteiger partial charge in [0.15, 0.2) is 0 Å². The molecule has 2 aromatic rings. The minimum absolute atomic E-state index is 0.281. The van der Waals surface area contributed by atoms with Gasteiger partial charge in [-0.2, -0.15) is 0 Å². The van der Waals surface area contributed by atoms with E-state index < -0.39 is 11.6 Å². The first-order valence-electron chi connectivity index (χ1n) is 6.10. The lowest BCUT2D eigenvalue weighted by atomic mass is 10.1. The van der Waals surface area contributed by atoms with Gasteiger partial charge in [0.1, 0.15) is 11.6 Å². The second-order valence-electron chi connectivity index (χ2n) is 4.48. The molecular weight excluding hydrogens is 303 g/mol. The van der Waals surface area contributed by atoms with Gasteiger partial charge in [-0.15, -0.1) is 0 Å². The van der Waals surface area contributed by atoms with E-state index in [0.717, 1.165) is 17.7 Å². The maximum Gasteiger partial charge on any atom is 0.128 e. The Morgan fingerprint density at radius 3 is 2.65 bits per heavy atom. The topological polar surface area (TPSA) is 12.0 Å². The molecule has 0 saturated carbocycles. The monoisotopic (exact) mass is 315 g/mol. The number of benzene rings is 2. The van der Waals surface area contributed by atoms with Gasteiger partial charge in [-0.3, -0.25) is 0 Å². The molecule has 2 aromatic carbocycles. The van der Waals surface area contributed by atoms with Crippen molar-refractivity contribution >= 4 is 23.2 Å². The highest BCUT2D eigenvalue weighted by Gasteiger charge is 2.12. The highest BCUT2D eigenvalue weighted by Crippen LogP contribution is 2.26. The van der Waals surface area contributed by atoms with Crippen LogP contribution >= 0.6 is 23.2 Å². The van der Waals surface area contributed by atoms with Crippen LogP contribution in [-0.4, -0.2) is 0 Å². The molecule has 0 fully saturated rings. The standard InChI is InChI=1S/C15H13Cl2F2N/c1-9(12-7-11(18)5-6-14(12)19)20-8-10-3-2-4-13(16)15(10)17/h2-7,9,20H,8H2,1H3. The van der Waals surface area contributed by atoms with Gasteiger partial charge in [0, 0.05) is 18.2 Å². The SMILES string of the molecule is CC(NCc1cccc(Cl)c1Cl)c1cc(F)ccc1F. The molecule has 1 unspecified atom stereocenters. The first-order valence-corrected chi connectivity index (χ1v) is 6.86. The molecular formula is C15H13Cl2F2N. The lowest BCUT2D eigenvalue weighted by Crippen LogP contribution is -2.19. The molecule has 0 spiro atoms. The molecule has 20 heavy (non-hydrogen) atoms. The van der Waals surface area contributed by atoms with Crippen molar-refractivity contribution in [1.29, 1.82) is 0 Å².